The molecule has 0 radical (unpaired) electrons. The van der Waals surface area contributed by atoms with Crippen molar-refractivity contribution in [3.05, 3.63) is 66.2 Å². The van der Waals surface area contributed by atoms with E-state index >= 15 is 0 Å². The van der Waals surface area contributed by atoms with Gasteiger partial charge in [-0.3, -0.25) is 4.79 Å². The van der Waals surface area contributed by atoms with Gasteiger partial charge in [0.1, 0.15) is 5.58 Å². The Morgan fingerprint density at radius 1 is 1.00 bits per heavy atom. The maximum absolute atomic E-state index is 12.2. The van der Waals surface area contributed by atoms with Gasteiger partial charge in [-0.05, 0) is 11.6 Å². The van der Waals surface area contributed by atoms with Crippen LogP contribution in [0.4, 0.5) is 0 Å². The fourth-order valence-electron chi connectivity index (χ4n) is 2.18. The summed E-state index contributed by atoms with van der Waals surface area (Å²) in [4.78, 5) is 11.8. The fraction of sp³-hybridized carbons (Fsp3) is 0.118. The smallest absolute Gasteiger partial charge is 0.274 e. The van der Waals surface area contributed by atoms with E-state index in [1.165, 1.54) is 6.07 Å². The zero-order valence-corrected chi connectivity index (χ0v) is 13.5. The Morgan fingerprint density at radius 3 is 2.46 bits per heavy atom. The number of amides is 1. The first-order chi connectivity index (χ1) is 11.5. The van der Waals surface area contributed by atoms with E-state index in [1.54, 1.807) is 24.3 Å². The van der Waals surface area contributed by atoms with Crippen LogP contribution in [0.3, 0.4) is 0 Å². The van der Waals surface area contributed by atoms with Crippen LogP contribution in [0.2, 0.25) is 0 Å². The number of fused-ring (bicyclic) bond motifs is 1. The van der Waals surface area contributed by atoms with Crippen LogP contribution in [0.15, 0.2) is 70.2 Å². The van der Waals surface area contributed by atoms with Crippen molar-refractivity contribution >= 4 is 26.9 Å². The lowest BCUT2D eigenvalue weighted by molar-refractivity contribution is -0.120. The van der Waals surface area contributed by atoms with Crippen LogP contribution in [0.25, 0.3) is 11.0 Å². The van der Waals surface area contributed by atoms with Gasteiger partial charge in [0.15, 0.2) is 0 Å². The molecule has 2 aromatic carbocycles. The number of hydrogen-bond donors (Lipinski definition) is 2. The Morgan fingerprint density at radius 2 is 1.71 bits per heavy atom. The number of para-hydroxylation sites is 1. The zero-order chi connectivity index (χ0) is 17.0. The van der Waals surface area contributed by atoms with E-state index in [4.69, 9.17) is 4.42 Å². The first-order valence-electron chi connectivity index (χ1n) is 7.33. The number of furan rings is 1. The van der Waals surface area contributed by atoms with Crippen molar-refractivity contribution in [1.82, 2.24) is 10.0 Å². The van der Waals surface area contributed by atoms with Crippen molar-refractivity contribution in [2.45, 2.75) is 11.6 Å². The SMILES string of the molecule is O=C(CNS(=O)(=O)c1cc2ccccc2o1)NCc1ccccc1. The summed E-state index contributed by atoms with van der Waals surface area (Å²) < 4.78 is 31.9. The van der Waals surface area contributed by atoms with Crippen molar-refractivity contribution in [3.63, 3.8) is 0 Å². The monoisotopic (exact) mass is 344 g/mol. The molecule has 24 heavy (non-hydrogen) atoms. The Labute approximate surface area is 139 Å². The second kappa shape index (κ2) is 6.86. The van der Waals surface area contributed by atoms with Gasteiger partial charge >= 0.3 is 0 Å². The van der Waals surface area contributed by atoms with Crippen LogP contribution in [0.1, 0.15) is 5.56 Å². The van der Waals surface area contributed by atoms with Gasteiger partial charge in [0.2, 0.25) is 11.0 Å². The molecule has 0 spiro atoms. The summed E-state index contributed by atoms with van der Waals surface area (Å²) in [5, 5.41) is 3.13. The van der Waals surface area contributed by atoms with Crippen LogP contribution < -0.4 is 10.0 Å². The van der Waals surface area contributed by atoms with E-state index in [0.717, 1.165) is 5.56 Å². The van der Waals surface area contributed by atoms with E-state index < -0.39 is 15.9 Å². The molecule has 3 rings (SSSR count). The van der Waals surface area contributed by atoms with E-state index in [9.17, 15) is 13.2 Å². The molecule has 0 unspecified atom stereocenters. The fourth-order valence-corrected chi connectivity index (χ4v) is 3.13. The number of carbonyl (C=O) groups excluding carboxylic acids is 1. The van der Waals surface area contributed by atoms with Gasteiger partial charge in [0, 0.05) is 18.0 Å². The lowest BCUT2D eigenvalue weighted by Crippen LogP contribution is -2.36. The first-order valence-corrected chi connectivity index (χ1v) is 8.82. The van der Waals surface area contributed by atoms with Crippen LogP contribution >= 0.6 is 0 Å². The van der Waals surface area contributed by atoms with Gasteiger partial charge in [-0.1, -0.05) is 48.5 Å². The van der Waals surface area contributed by atoms with Crippen LogP contribution in [-0.2, 0) is 21.4 Å². The van der Waals surface area contributed by atoms with Gasteiger partial charge in [-0.2, -0.15) is 4.72 Å². The number of benzene rings is 2. The van der Waals surface area contributed by atoms with Crippen molar-refractivity contribution in [2.24, 2.45) is 0 Å². The summed E-state index contributed by atoms with van der Waals surface area (Å²) in [5.74, 6) is -0.418. The minimum absolute atomic E-state index is 0.209. The second-order valence-electron chi connectivity index (χ2n) is 5.19. The third kappa shape index (κ3) is 3.81. The van der Waals surface area contributed by atoms with E-state index in [0.29, 0.717) is 17.5 Å². The zero-order valence-electron chi connectivity index (χ0n) is 12.7. The number of rotatable bonds is 6. The first kappa shape index (κ1) is 16.2. The lowest BCUT2D eigenvalue weighted by atomic mass is 10.2. The summed E-state index contributed by atoms with van der Waals surface area (Å²) in [7, 11) is -3.88. The predicted molar refractivity (Wildman–Crippen MR) is 89.7 cm³/mol. The van der Waals surface area contributed by atoms with Crippen molar-refractivity contribution < 1.29 is 17.6 Å². The normalized spacial score (nSPS) is 11.5. The maximum atomic E-state index is 12.2. The molecule has 1 heterocycles. The van der Waals surface area contributed by atoms with Crippen LogP contribution in [-0.4, -0.2) is 20.9 Å². The van der Waals surface area contributed by atoms with Crippen LogP contribution in [0.5, 0.6) is 0 Å². The van der Waals surface area contributed by atoms with E-state index in [1.807, 2.05) is 30.3 Å². The van der Waals surface area contributed by atoms with Crippen molar-refractivity contribution in [1.29, 1.82) is 0 Å². The van der Waals surface area contributed by atoms with Crippen molar-refractivity contribution in [3.8, 4) is 0 Å². The summed E-state index contributed by atoms with van der Waals surface area (Å²) >= 11 is 0. The Kier molecular flexibility index (Phi) is 4.64. The average molecular weight is 344 g/mol. The minimum Gasteiger partial charge on any atom is -0.443 e. The third-order valence-corrected chi connectivity index (χ3v) is 4.68. The van der Waals surface area contributed by atoms with E-state index in [-0.39, 0.29) is 11.6 Å². The average Bonchev–Trinajstić information content (AvgIpc) is 3.04. The van der Waals surface area contributed by atoms with Crippen LogP contribution in [0, 0.1) is 0 Å². The van der Waals surface area contributed by atoms with Gasteiger partial charge in [0.05, 0.1) is 6.54 Å². The number of nitrogens with one attached hydrogen (secondary N) is 2. The predicted octanol–water partition coefficient (Wildman–Crippen LogP) is 2.03. The molecule has 0 aliphatic heterocycles. The molecular formula is C17H16N2O4S. The molecule has 1 aromatic heterocycles. The minimum atomic E-state index is -3.88. The highest BCUT2D eigenvalue weighted by Gasteiger charge is 2.20. The maximum Gasteiger partial charge on any atom is 0.274 e. The Balaban J connectivity index is 1.59. The molecule has 124 valence electrons. The highest BCUT2D eigenvalue weighted by Crippen LogP contribution is 2.21. The molecular weight excluding hydrogens is 328 g/mol. The summed E-state index contributed by atoms with van der Waals surface area (Å²) in [6.45, 7) is -0.0156. The van der Waals surface area contributed by atoms with Gasteiger partial charge < -0.3 is 9.73 Å². The van der Waals surface area contributed by atoms with E-state index in [2.05, 4.69) is 10.0 Å². The summed E-state index contributed by atoms with van der Waals surface area (Å²) in [6.07, 6.45) is 0. The van der Waals surface area contributed by atoms with Gasteiger partial charge in [-0.25, -0.2) is 8.42 Å². The molecule has 7 heteroatoms. The molecule has 0 aliphatic rings. The number of hydrogen-bond acceptors (Lipinski definition) is 4. The van der Waals surface area contributed by atoms with Gasteiger partial charge in [0.25, 0.3) is 10.0 Å². The molecule has 2 N–H and O–H groups in total. The number of carbonyl (C=O) groups is 1. The third-order valence-electron chi connectivity index (χ3n) is 3.42. The molecule has 6 nitrogen and oxygen atoms in total. The highest BCUT2D eigenvalue weighted by molar-refractivity contribution is 7.89. The van der Waals surface area contributed by atoms with Crippen molar-refractivity contribution in [2.75, 3.05) is 6.54 Å². The Hall–Kier alpha value is -2.64. The molecule has 0 saturated heterocycles. The molecule has 1 amide bonds. The Bertz CT molecular complexity index is 916. The molecule has 0 fully saturated rings. The summed E-state index contributed by atoms with van der Waals surface area (Å²) in [6, 6.07) is 17.8. The van der Waals surface area contributed by atoms with Gasteiger partial charge in [-0.15, -0.1) is 0 Å². The molecule has 3 aromatic rings. The molecule has 0 saturated carbocycles. The largest absolute Gasteiger partial charge is 0.443 e. The molecule has 0 atom stereocenters. The highest BCUT2D eigenvalue weighted by atomic mass is 32.2. The standard InChI is InChI=1S/C17H16N2O4S/c20-16(18-11-13-6-2-1-3-7-13)12-19-24(21,22)17-10-14-8-4-5-9-15(14)23-17/h1-10,19H,11-12H2,(H,18,20). The number of sulfonamides is 1. The lowest BCUT2D eigenvalue weighted by Gasteiger charge is -2.06. The summed E-state index contributed by atoms with van der Waals surface area (Å²) in [5.41, 5.74) is 1.41. The molecule has 0 aliphatic carbocycles. The molecule has 0 bridgehead atoms. The quantitative estimate of drug-likeness (QED) is 0.716. The second-order valence-corrected chi connectivity index (χ2v) is 6.89. The topological polar surface area (TPSA) is 88.4 Å².